The minimum atomic E-state index is -3.03. The second-order valence-electron chi connectivity index (χ2n) is 11.9. The molecular formula is C30H43F5O. The molecule has 0 atom stereocenters. The van der Waals surface area contributed by atoms with Crippen molar-refractivity contribution in [2.24, 2.45) is 29.6 Å². The van der Waals surface area contributed by atoms with Gasteiger partial charge in [0, 0.05) is 12.3 Å². The molecule has 3 aliphatic rings. The van der Waals surface area contributed by atoms with E-state index in [1.807, 2.05) is 0 Å². The summed E-state index contributed by atoms with van der Waals surface area (Å²) < 4.78 is 73.3. The minimum absolute atomic E-state index is 0.0758. The van der Waals surface area contributed by atoms with Crippen molar-refractivity contribution in [3.8, 4) is 5.75 Å². The molecule has 3 aliphatic carbocycles. The molecule has 0 aromatic heterocycles. The third-order valence-corrected chi connectivity index (χ3v) is 9.68. The standard InChI is InChI=1S/C30H43F5O/c1-2-3-20-6-15-26(16-7-20)30(34,35)19-21-4-8-22(9-5-21)23-10-12-24(13-11-23)25-14-17-28(27(31)18-25)36-29(32)33/h14,17-18,20-24,26,29H,2-13,15-16,19H2,1H3. The molecule has 4 rings (SSSR count). The third-order valence-electron chi connectivity index (χ3n) is 9.68. The summed E-state index contributed by atoms with van der Waals surface area (Å²) in [4.78, 5) is 0. The van der Waals surface area contributed by atoms with Crippen molar-refractivity contribution in [3.63, 3.8) is 0 Å². The SMILES string of the molecule is CCCC1CCC(C(F)(F)CC2CCC(C3CCC(c4ccc(OC(F)F)c(F)c4)CC3)CC2)CC1. The smallest absolute Gasteiger partial charge is 0.387 e. The van der Waals surface area contributed by atoms with Crippen molar-refractivity contribution in [2.75, 3.05) is 0 Å². The number of rotatable bonds is 9. The highest BCUT2D eigenvalue weighted by molar-refractivity contribution is 5.31. The van der Waals surface area contributed by atoms with Crippen LogP contribution in [0.2, 0.25) is 0 Å². The first-order valence-corrected chi connectivity index (χ1v) is 14.4. The van der Waals surface area contributed by atoms with Crippen LogP contribution in [0.5, 0.6) is 5.75 Å². The van der Waals surface area contributed by atoms with E-state index in [0.29, 0.717) is 30.6 Å². The predicted molar refractivity (Wildman–Crippen MR) is 133 cm³/mol. The monoisotopic (exact) mass is 514 g/mol. The van der Waals surface area contributed by atoms with Crippen LogP contribution in [-0.4, -0.2) is 12.5 Å². The Morgan fingerprint density at radius 1 is 0.833 bits per heavy atom. The molecule has 6 heteroatoms. The number of hydrogen-bond acceptors (Lipinski definition) is 1. The van der Waals surface area contributed by atoms with Crippen molar-refractivity contribution >= 4 is 0 Å². The fraction of sp³-hybridized carbons (Fsp3) is 0.800. The van der Waals surface area contributed by atoms with Crippen molar-refractivity contribution < 1.29 is 26.7 Å². The van der Waals surface area contributed by atoms with Gasteiger partial charge in [-0.3, -0.25) is 0 Å². The van der Waals surface area contributed by atoms with Crippen molar-refractivity contribution in [2.45, 2.75) is 122 Å². The third kappa shape index (κ3) is 7.16. The van der Waals surface area contributed by atoms with Crippen LogP contribution in [-0.2, 0) is 0 Å². The Kier molecular flexibility index (Phi) is 9.60. The summed E-state index contributed by atoms with van der Waals surface area (Å²) in [6, 6.07) is 4.34. The van der Waals surface area contributed by atoms with E-state index in [2.05, 4.69) is 11.7 Å². The lowest BCUT2D eigenvalue weighted by atomic mass is 9.67. The fourth-order valence-electron chi connectivity index (χ4n) is 7.58. The Hall–Kier alpha value is -1.33. The zero-order chi connectivity index (χ0) is 25.7. The predicted octanol–water partition coefficient (Wildman–Crippen LogP) is 10.1. The minimum Gasteiger partial charge on any atom is -0.432 e. The summed E-state index contributed by atoms with van der Waals surface area (Å²) in [6.45, 7) is -0.855. The zero-order valence-electron chi connectivity index (χ0n) is 21.7. The normalized spacial score (nSPS) is 32.0. The van der Waals surface area contributed by atoms with E-state index in [0.717, 1.165) is 76.2 Å². The van der Waals surface area contributed by atoms with Gasteiger partial charge in [0.05, 0.1) is 0 Å². The second-order valence-corrected chi connectivity index (χ2v) is 11.9. The van der Waals surface area contributed by atoms with Gasteiger partial charge in [0.15, 0.2) is 11.6 Å². The van der Waals surface area contributed by atoms with E-state index in [1.54, 1.807) is 6.07 Å². The molecule has 0 amide bonds. The molecule has 0 heterocycles. The average molecular weight is 515 g/mol. The van der Waals surface area contributed by atoms with Crippen LogP contribution in [0.25, 0.3) is 0 Å². The van der Waals surface area contributed by atoms with Gasteiger partial charge in [-0.2, -0.15) is 8.78 Å². The number of hydrogen-bond donors (Lipinski definition) is 0. The Bertz CT molecular complexity index is 804. The van der Waals surface area contributed by atoms with Gasteiger partial charge in [-0.15, -0.1) is 0 Å². The molecule has 0 aliphatic heterocycles. The van der Waals surface area contributed by atoms with E-state index in [9.17, 15) is 13.2 Å². The van der Waals surface area contributed by atoms with E-state index < -0.39 is 30.0 Å². The summed E-state index contributed by atoms with van der Waals surface area (Å²) in [7, 11) is 0. The van der Waals surface area contributed by atoms with Gasteiger partial charge in [-0.25, -0.2) is 13.2 Å². The summed E-state index contributed by atoms with van der Waals surface area (Å²) in [5, 5.41) is 0. The summed E-state index contributed by atoms with van der Waals surface area (Å²) in [5.41, 5.74) is 0.849. The maximum absolute atomic E-state index is 15.1. The molecule has 1 aromatic carbocycles. The molecule has 3 fully saturated rings. The van der Waals surface area contributed by atoms with E-state index in [-0.39, 0.29) is 18.3 Å². The summed E-state index contributed by atoms with van der Waals surface area (Å²) in [6.07, 6.45) is 13.7. The Balaban J connectivity index is 1.20. The molecule has 0 unspecified atom stereocenters. The highest BCUT2D eigenvalue weighted by atomic mass is 19.3. The molecule has 36 heavy (non-hydrogen) atoms. The molecule has 0 spiro atoms. The van der Waals surface area contributed by atoms with Crippen LogP contribution in [0.4, 0.5) is 22.0 Å². The first-order chi connectivity index (χ1) is 17.2. The lowest BCUT2D eigenvalue weighted by Crippen LogP contribution is -2.35. The van der Waals surface area contributed by atoms with Crippen molar-refractivity contribution in [3.05, 3.63) is 29.6 Å². The first-order valence-electron chi connectivity index (χ1n) is 14.4. The maximum atomic E-state index is 15.1. The van der Waals surface area contributed by atoms with Gasteiger partial charge in [0.25, 0.3) is 5.92 Å². The molecule has 1 aromatic rings. The van der Waals surface area contributed by atoms with Gasteiger partial charge >= 0.3 is 6.61 Å². The van der Waals surface area contributed by atoms with Crippen LogP contribution in [0, 0.1) is 35.4 Å². The quantitative estimate of drug-likeness (QED) is 0.298. The molecule has 0 radical (unpaired) electrons. The number of alkyl halides is 4. The number of benzene rings is 1. The van der Waals surface area contributed by atoms with E-state index >= 15 is 8.78 Å². The zero-order valence-corrected chi connectivity index (χ0v) is 21.7. The van der Waals surface area contributed by atoms with Gasteiger partial charge in [0.2, 0.25) is 0 Å². The van der Waals surface area contributed by atoms with Crippen LogP contribution in [0.15, 0.2) is 18.2 Å². The highest BCUT2D eigenvalue weighted by Gasteiger charge is 2.43. The lowest BCUT2D eigenvalue weighted by Gasteiger charge is -2.40. The molecule has 0 bridgehead atoms. The van der Waals surface area contributed by atoms with Crippen LogP contribution in [0.1, 0.15) is 115 Å². The van der Waals surface area contributed by atoms with Crippen molar-refractivity contribution in [1.29, 1.82) is 0 Å². The first kappa shape index (κ1) is 27.7. The highest BCUT2D eigenvalue weighted by Crippen LogP contribution is 2.48. The summed E-state index contributed by atoms with van der Waals surface area (Å²) in [5.74, 6) is -1.81. The topological polar surface area (TPSA) is 9.23 Å². The van der Waals surface area contributed by atoms with Crippen LogP contribution in [0.3, 0.4) is 0 Å². The molecular weight excluding hydrogens is 471 g/mol. The van der Waals surface area contributed by atoms with Gasteiger partial charge < -0.3 is 4.74 Å². The van der Waals surface area contributed by atoms with Crippen LogP contribution < -0.4 is 4.74 Å². The average Bonchev–Trinajstić information content (AvgIpc) is 2.86. The Morgan fingerprint density at radius 2 is 1.42 bits per heavy atom. The van der Waals surface area contributed by atoms with Crippen molar-refractivity contribution in [1.82, 2.24) is 0 Å². The molecule has 0 N–H and O–H groups in total. The Morgan fingerprint density at radius 3 is 1.97 bits per heavy atom. The molecule has 1 nitrogen and oxygen atoms in total. The molecule has 204 valence electrons. The number of halogens is 5. The second kappa shape index (κ2) is 12.5. The van der Waals surface area contributed by atoms with E-state index in [1.165, 1.54) is 18.6 Å². The van der Waals surface area contributed by atoms with Crippen LogP contribution >= 0.6 is 0 Å². The van der Waals surface area contributed by atoms with Gasteiger partial charge in [-0.05, 0) is 124 Å². The molecule has 0 saturated heterocycles. The Labute approximate surface area is 213 Å². The fourth-order valence-corrected chi connectivity index (χ4v) is 7.58. The number of ether oxygens (including phenoxy) is 1. The largest absolute Gasteiger partial charge is 0.432 e. The summed E-state index contributed by atoms with van der Waals surface area (Å²) >= 11 is 0. The van der Waals surface area contributed by atoms with Gasteiger partial charge in [0.1, 0.15) is 0 Å². The van der Waals surface area contributed by atoms with Gasteiger partial charge in [-0.1, -0.05) is 25.8 Å². The van der Waals surface area contributed by atoms with E-state index in [4.69, 9.17) is 0 Å². The molecule has 3 saturated carbocycles. The maximum Gasteiger partial charge on any atom is 0.387 e. The lowest BCUT2D eigenvalue weighted by molar-refractivity contribution is -0.0968.